The summed E-state index contributed by atoms with van der Waals surface area (Å²) in [6.45, 7) is 8.36. The molecule has 0 aromatic heterocycles. The van der Waals surface area contributed by atoms with Crippen LogP contribution in [0.5, 0.6) is 5.75 Å². The highest BCUT2D eigenvalue weighted by Gasteiger charge is 2.49. The summed E-state index contributed by atoms with van der Waals surface area (Å²) in [5, 5.41) is 12.9. The number of amides is 1. The Morgan fingerprint density at radius 1 is 1.28 bits per heavy atom. The van der Waals surface area contributed by atoms with Gasteiger partial charge in [0.2, 0.25) is 5.91 Å². The van der Waals surface area contributed by atoms with E-state index in [4.69, 9.17) is 4.74 Å². The maximum Gasteiger partial charge on any atom is 0.222 e. The third-order valence-corrected chi connectivity index (χ3v) is 6.02. The molecule has 1 aliphatic carbocycles. The maximum absolute atomic E-state index is 12.5. The van der Waals surface area contributed by atoms with E-state index in [1.165, 1.54) is 6.42 Å². The Kier molecular flexibility index (Phi) is 5.10. The first-order valence-electron chi connectivity index (χ1n) is 9.55. The predicted molar refractivity (Wildman–Crippen MR) is 98.2 cm³/mol. The summed E-state index contributed by atoms with van der Waals surface area (Å²) >= 11 is 0. The van der Waals surface area contributed by atoms with Gasteiger partial charge in [-0.2, -0.15) is 0 Å². The smallest absolute Gasteiger partial charge is 0.222 e. The van der Waals surface area contributed by atoms with E-state index < -0.39 is 0 Å². The highest BCUT2D eigenvalue weighted by atomic mass is 16.5. The Morgan fingerprint density at radius 2 is 1.96 bits per heavy atom. The van der Waals surface area contributed by atoms with Crippen molar-refractivity contribution in [2.45, 2.75) is 71.1 Å². The first-order chi connectivity index (χ1) is 11.8. The van der Waals surface area contributed by atoms with E-state index in [1.807, 2.05) is 26.0 Å². The van der Waals surface area contributed by atoms with E-state index in [2.05, 4.69) is 19.2 Å². The number of aromatic hydroxyl groups is 1. The van der Waals surface area contributed by atoms with Gasteiger partial charge in [-0.15, -0.1) is 0 Å². The minimum atomic E-state index is -0.257. The lowest BCUT2D eigenvalue weighted by Gasteiger charge is -2.52. The highest BCUT2D eigenvalue weighted by Crippen LogP contribution is 2.48. The third-order valence-electron chi connectivity index (χ3n) is 6.02. The van der Waals surface area contributed by atoms with Gasteiger partial charge in [0.15, 0.2) is 0 Å². The van der Waals surface area contributed by atoms with Crippen LogP contribution >= 0.6 is 0 Å². The average Bonchev–Trinajstić information content (AvgIpc) is 2.54. The lowest BCUT2D eigenvalue weighted by Crippen LogP contribution is -2.61. The molecule has 1 saturated carbocycles. The molecule has 138 valence electrons. The SMILES string of the molecule is CC(C)C(=O)N[C@]1(C)C[C@H](c2ccc(O)cc2)O[C@@H]2C[C@H](C)CC[C@H]21. The number of rotatable bonds is 3. The van der Waals surface area contributed by atoms with Gasteiger partial charge >= 0.3 is 0 Å². The van der Waals surface area contributed by atoms with Crippen LogP contribution in [0.25, 0.3) is 0 Å². The van der Waals surface area contributed by atoms with E-state index in [9.17, 15) is 9.90 Å². The van der Waals surface area contributed by atoms with Crippen LogP contribution in [0.15, 0.2) is 24.3 Å². The van der Waals surface area contributed by atoms with Gasteiger partial charge in [0, 0.05) is 23.8 Å². The van der Waals surface area contributed by atoms with Crippen molar-refractivity contribution in [3.8, 4) is 5.75 Å². The molecular weight excluding hydrogens is 314 g/mol. The van der Waals surface area contributed by atoms with Crippen LogP contribution in [0.2, 0.25) is 0 Å². The number of ether oxygens (including phenoxy) is 1. The van der Waals surface area contributed by atoms with Gasteiger partial charge in [-0.3, -0.25) is 4.79 Å². The number of carbonyl (C=O) groups excluding carboxylic acids is 1. The van der Waals surface area contributed by atoms with E-state index in [-0.39, 0.29) is 35.3 Å². The fourth-order valence-corrected chi connectivity index (χ4v) is 4.46. The number of hydrogen-bond donors (Lipinski definition) is 2. The molecule has 2 fully saturated rings. The maximum atomic E-state index is 12.5. The first-order valence-corrected chi connectivity index (χ1v) is 9.55. The number of hydrogen-bond acceptors (Lipinski definition) is 3. The van der Waals surface area contributed by atoms with Crippen LogP contribution in [0, 0.1) is 17.8 Å². The molecule has 1 aromatic rings. The van der Waals surface area contributed by atoms with Gasteiger partial charge in [0.25, 0.3) is 0 Å². The minimum absolute atomic E-state index is 0.0206. The molecule has 4 heteroatoms. The Balaban J connectivity index is 1.88. The van der Waals surface area contributed by atoms with Crippen molar-refractivity contribution in [1.82, 2.24) is 5.32 Å². The summed E-state index contributed by atoms with van der Waals surface area (Å²) in [6, 6.07) is 7.27. The molecule has 0 bridgehead atoms. The molecule has 0 spiro atoms. The highest BCUT2D eigenvalue weighted by molar-refractivity contribution is 5.78. The van der Waals surface area contributed by atoms with Crippen LogP contribution < -0.4 is 5.32 Å². The average molecular weight is 345 g/mol. The van der Waals surface area contributed by atoms with Crippen LogP contribution in [0.4, 0.5) is 0 Å². The van der Waals surface area contributed by atoms with Gasteiger partial charge < -0.3 is 15.2 Å². The Labute approximate surface area is 151 Å². The number of carbonyl (C=O) groups is 1. The normalized spacial score (nSPS) is 35.2. The van der Waals surface area contributed by atoms with Crippen molar-refractivity contribution >= 4 is 5.91 Å². The van der Waals surface area contributed by atoms with Gasteiger partial charge in [-0.25, -0.2) is 0 Å². The Hall–Kier alpha value is -1.55. The molecule has 1 aromatic carbocycles. The number of phenolic OH excluding ortho intramolecular Hbond substituents is 1. The Morgan fingerprint density at radius 3 is 2.60 bits per heavy atom. The third kappa shape index (κ3) is 3.84. The number of benzene rings is 1. The van der Waals surface area contributed by atoms with Crippen LogP contribution in [0.1, 0.15) is 65.0 Å². The molecule has 1 amide bonds. The summed E-state index contributed by atoms with van der Waals surface area (Å²) in [6.07, 6.45) is 4.24. The molecule has 0 unspecified atom stereocenters. The van der Waals surface area contributed by atoms with E-state index in [0.29, 0.717) is 11.8 Å². The number of phenols is 1. The van der Waals surface area contributed by atoms with Crippen molar-refractivity contribution in [2.75, 3.05) is 0 Å². The lowest BCUT2D eigenvalue weighted by molar-refractivity contribution is -0.155. The minimum Gasteiger partial charge on any atom is -0.508 e. The molecular formula is C21H31NO3. The summed E-state index contributed by atoms with van der Waals surface area (Å²) in [7, 11) is 0. The second kappa shape index (κ2) is 6.99. The molecule has 1 heterocycles. The summed E-state index contributed by atoms with van der Waals surface area (Å²) in [5.41, 5.74) is 0.812. The van der Waals surface area contributed by atoms with Crippen molar-refractivity contribution in [1.29, 1.82) is 0 Å². The topological polar surface area (TPSA) is 58.6 Å². The second-order valence-corrected chi connectivity index (χ2v) is 8.54. The number of fused-ring (bicyclic) bond motifs is 1. The summed E-state index contributed by atoms with van der Waals surface area (Å²) in [4.78, 5) is 12.5. The molecule has 0 radical (unpaired) electrons. The van der Waals surface area contributed by atoms with Gasteiger partial charge in [0.05, 0.1) is 12.2 Å². The number of nitrogens with one attached hydrogen (secondary N) is 1. The quantitative estimate of drug-likeness (QED) is 0.863. The molecule has 3 rings (SSSR count). The van der Waals surface area contributed by atoms with Crippen molar-refractivity contribution in [2.24, 2.45) is 17.8 Å². The predicted octanol–water partition coefficient (Wildman–Crippen LogP) is 4.19. The fraction of sp³-hybridized carbons (Fsp3) is 0.667. The fourth-order valence-electron chi connectivity index (χ4n) is 4.46. The van der Waals surface area contributed by atoms with Gasteiger partial charge in [-0.05, 0) is 43.4 Å². The van der Waals surface area contributed by atoms with E-state index in [0.717, 1.165) is 24.8 Å². The molecule has 25 heavy (non-hydrogen) atoms. The summed E-state index contributed by atoms with van der Waals surface area (Å²) in [5.74, 6) is 1.38. The van der Waals surface area contributed by atoms with Gasteiger partial charge in [0.1, 0.15) is 5.75 Å². The van der Waals surface area contributed by atoms with Gasteiger partial charge in [-0.1, -0.05) is 39.3 Å². The zero-order chi connectivity index (χ0) is 18.2. The van der Waals surface area contributed by atoms with Crippen molar-refractivity contribution in [3.63, 3.8) is 0 Å². The lowest BCUT2D eigenvalue weighted by atomic mass is 9.66. The molecule has 1 aliphatic heterocycles. The zero-order valence-electron chi connectivity index (χ0n) is 15.8. The Bertz CT molecular complexity index is 612. The summed E-state index contributed by atoms with van der Waals surface area (Å²) < 4.78 is 6.49. The van der Waals surface area contributed by atoms with Crippen molar-refractivity contribution < 1.29 is 14.6 Å². The van der Waals surface area contributed by atoms with Crippen LogP contribution in [-0.4, -0.2) is 22.7 Å². The standard InChI is InChI=1S/C21H31NO3/c1-13(2)20(24)22-21(4)12-19(15-6-8-16(23)9-7-15)25-18-11-14(3)5-10-17(18)21/h6-9,13-14,17-19,23H,5,10-12H2,1-4H3,(H,22,24)/t14-,17-,18-,19-,21-/m1/s1. The van der Waals surface area contributed by atoms with Crippen molar-refractivity contribution in [3.05, 3.63) is 29.8 Å². The second-order valence-electron chi connectivity index (χ2n) is 8.54. The molecule has 1 saturated heterocycles. The van der Waals surface area contributed by atoms with Crippen LogP contribution in [-0.2, 0) is 9.53 Å². The zero-order valence-corrected chi connectivity index (χ0v) is 15.8. The molecule has 2 N–H and O–H groups in total. The van der Waals surface area contributed by atoms with Crippen LogP contribution in [0.3, 0.4) is 0 Å². The molecule has 2 aliphatic rings. The largest absolute Gasteiger partial charge is 0.508 e. The van der Waals surface area contributed by atoms with E-state index >= 15 is 0 Å². The van der Waals surface area contributed by atoms with E-state index in [1.54, 1.807) is 12.1 Å². The molecule has 4 nitrogen and oxygen atoms in total. The first kappa shape index (κ1) is 18.2. The monoisotopic (exact) mass is 345 g/mol. The molecule has 5 atom stereocenters.